The van der Waals surface area contributed by atoms with Crippen LogP contribution in [0.15, 0.2) is 30.6 Å². The Morgan fingerprint density at radius 2 is 1.81 bits per heavy atom. The van der Waals surface area contributed by atoms with Crippen molar-refractivity contribution in [3.63, 3.8) is 0 Å². The Morgan fingerprint density at radius 1 is 1.09 bits per heavy atom. The maximum Gasteiger partial charge on any atom is 0.274 e. The quantitative estimate of drug-likeness (QED) is 0.643. The van der Waals surface area contributed by atoms with Crippen molar-refractivity contribution in [1.82, 2.24) is 35.1 Å². The van der Waals surface area contributed by atoms with E-state index in [1.165, 1.54) is 0 Å². The number of likely N-dealkylation sites (tertiary alicyclic amines) is 1. The van der Waals surface area contributed by atoms with Gasteiger partial charge >= 0.3 is 0 Å². The lowest BCUT2D eigenvalue weighted by atomic mass is 10.1. The molecular weight excluding hydrogens is 410 g/mol. The van der Waals surface area contributed by atoms with Gasteiger partial charge in [0.1, 0.15) is 5.69 Å². The average Bonchev–Trinajstić information content (AvgIpc) is 3.56. The molecule has 0 radical (unpaired) electrons. The zero-order valence-electron chi connectivity index (χ0n) is 19.7. The molecule has 3 aromatic rings. The smallest absolute Gasteiger partial charge is 0.274 e. The monoisotopic (exact) mass is 443 g/mol. The Kier molecular flexibility index (Phi) is 9.80. The number of piperidine rings is 1. The summed E-state index contributed by atoms with van der Waals surface area (Å²) in [4.78, 5) is 19.0. The van der Waals surface area contributed by atoms with E-state index in [2.05, 4.69) is 25.5 Å². The number of hydrogen-bond acceptors (Lipinski definition) is 7. The lowest BCUT2D eigenvalue weighted by molar-refractivity contribution is 0.0347. The third-order valence-electron chi connectivity index (χ3n) is 4.84. The molecule has 10 heteroatoms. The van der Waals surface area contributed by atoms with Gasteiger partial charge in [-0.25, -0.2) is 9.67 Å². The summed E-state index contributed by atoms with van der Waals surface area (Å²) in [7, 11) is 3.26. The number of nitrogens with zero attached hydrogens (tertiary/aromatic N) is 6. The number of hydrogen-bond donors (Lipinski definition) is 1. The van der Waals surface area contributed by atoms with Gasteiger partial charge in [0.15, 0.2) is 5.69 Å². The van der Waals surface area contributed by atoms with Crippen LogP contribution in [0.5, 0.6) is 5.88 Å². The molecule has 0 atom stereocenters. The number of methoxy groups -OCH3 is 2. The fourth-order valence-corrected chi connectivity index (χ4v) is 3.27. The first-order chi connectivity index (χ1) is 15.7. The van der Waals surface area contributed by atoms with Crippen molar-refractivity contribution in [2.75, 3.05) is 27.3 Å². The van der Waals surface area contributed by atoms with Gasteiger partial charge in [0, 0.05) is 26.3 Å². The molecule has 1 fully saturated rings. The summed E-state index contributed by atoms with van der Waals surface area (Å²) in [5.41, 5.74) is 2.27. The Morgan fingerprint density at radius 3 is 2.34 bits per heavy atom. The molecule has 1 aliphatic heterocycles. The van der Waals surface area contributed by atoms with Crippen molar-refractivity contribution in [3.8, 4) is 23.0 Å². The molecule has 32 heavy (non-hydrogen) atoms. The van der Waals surface area contributed by atoms with Crippen LogP contribution in [0, 0.1) is 0 Å². The molecule has 4 heterocycles. The van der Waals surface area contributed by atoms with Crippen LogP contribution in [0.25, 0.3) is 17.1 Å². The molecule has 1 saturated heterocycles. The summed E-state index contributed by atoms with van der Waals surface area (Å²) in [6.07, 6.45) is 5.07. The van der Waals surface area contributed by atoms with E-state index in [1.54, 1.807) is 48.3 Å². The second-order valence-electron chi connectivity index (χ2n) is 6.47. The molecule has 174 valence electrons. The molecule has 0 unspecified atom stereocenters. The van der Waals surface area contributed by atoms with Gasteiger partial charge < -0.3 is 14.4 Å². The number of amides is 1. The Bertz CT molecular complexity index is 931. The molecule has 0 bridgehead atoms. The SMILES string of the molecule is CC.CC.COc1ccc(-n2nc(C(=O)N3CCC(OC)CC3)cc2-c2cn[nH]n2)cn1. The standard InChI is InChI=1S/C18H21N7O3.2C2H6/c1-27-13-5-7-24(8-6-13)18(26)14-9-16(15-11-20-23-21-15)25(22-14)12-3-4-17(28-2)19-10-12;2*1-2/h3-4,9-11,13H,5-8H2,1-2H3,(H,20,21,23);2*1-2H3. The van der Waals surface area contributed by atoms with Crippen LogP contribution in [0.3, 0.4) is 0 Å². The van der Waals surface area contributed by atoms with E-state index in [1.807, 2.05) is 33.8 Å². The maximum absolute atomic E-state index is 13.0. The van der Waals surface area contributed by atoms with Crippen molar-refractivity contribution >= 4 is 5.91 Å². The van der Waals surface area contributed by atoms with E-state index < -0.39 is 0 Å². The highest BCUT2D eigenvalue weighted by atomic mass is 16.5. The Balaban J connectivity index is 0.000000860. The molecule has 4 rings (SSSR count). The predicted octanol–water partition coefficient (Wildman–Crippen LogP) is 3.36. The summed E-state index contributed by atoms with van der Waals surface area (Å²) in [6.45, 7) is 9.29. The van der Waals surface area contributed by atoms with Crippen LogP contribution in [0.1, 0.15) is 51.0 Å². The minimum Gasteiger partial charge on any atom is -0.481 e. The molecule has 0 aliphatic carbocycles. The topological polar surface area (TPSA) is 111 Å². The van der Waals surface area contributed by atoms with E-state index in [4.69, 9.17) is 9.47 Å². The minimum atomic E-state index is -0.112. The molecule has 0 spiro atoms. The number of ether oxygens (including phenoxy) is 2. The molecule has 0 saturated carbocycles. The summed E-state index contributed by atoms with van der Waals surface area (Å²) < 4.78 is 12.1. The van der Waals surface area contributed by atoms with Crippen LogP contribution < -0.4 is 4.74 Å². The number of nitrogens with one attached hydrogen (secondary N) is 1. The van der Waals surface area contributed by atoms with Gasteiger partial charge in [-0.2, -0.15) is 20.5 Å². The Labute approximate surface area is 188 Å². The van der Waals surface area contributed by atoms with E-state index in [-0.39, 0.29) is 12.0 Å². The third kappa shape index (κ3) is 5.70. The van der Waals surface area contributed by atoms with Crippen molar-refractivity contribution in [1.29, 1.82) is 0 Å². The zero-order chi connectivity index (χ0) is 23.5. The van der Waals surface area contributed by atoms with Crippen LogP contribution in [0.4, 0.5) is 0 Å². The molecular formula is C22H33N7O3. The Hall–Kier alpha value is -3.27. The first-order valence-corrected chi connectivity index (χ1v) is 11.0. The largest absolute Gasteiger partial charge is 0.481 e. The summed E-state index contributed by atoms with van der Waals surface area (Å²) in [6, 6.07) is 5.29. The average molecular weight is 444 g/mol. The normalized spacial score (nSPS) is 13.5. The van der Waals surface area contributed by atoms with Gasteiger partial charge in [-0.1, -0.05) is 27.7 Å². The van der Waals surface area contributed by atoms with Gasteiger partial charge in [0.05, 0.1) is 37.0 Å². The first kappa shape index (κ1) is 25.0. The highest BCUT2D eigenvalue weighted by molar-refractivity contribution is 5.93. The van der Waals surface area contributed by atoms with Crippen LogP contribution >= 0.6 is 0 Å². The van der Waals surface area contributed by atoms with E-state index in [0.29, 0.717) is 41.7 Å². The maximum atomic E-state index is 13.0. The van der Waals surface area contributed by atoms with Crippen molar-refractivity contribution in [3.05, 3.63) is 36.3 Å². The lowest BCUT2D eigenvalue weighted by Gasteiger charge is -2.30. The lowest BCUT2D eigenvalue weighted by Crippen LogP contribution is -2.40. The number of carbonyl (C=O) groups excluding carboxylic acids is 1. The number of aromatic amines is 1. The number of carbonyl (C=O) groups is 1. The predicted molar refractivity (Wildman–Crippen MR) is 122 cm³/mol. The van der Waals surface area contributed by atoms with Gasteiger partial charge in [0.25, 0.3) is 5.91 Å². The highest BCUT2D eigenvalue weighted by Crippen LogP contribution is 2.24. The van der Waals surface area contributed by atoms with E-state index in [9.17, 15) is 4.79 Å². The first-order valence-electron chi connectivity index (χ1n) is 11.0. The van der Waals surface area contributed by atoms with Gasteiger partial charge in [-0.05, 0) is 25.0 Å². The van der Waals surface area contributed by atoms with Gasteiger partial charge in [0.2, 0.25) is 5.88 Å². The number of pyridine rings is 1. The second kappa shape index (κ2) is 12.6. The number of aromatic nitrogens is 6. The summed E-state index contributed by atoms with van der Waals surface area (Å²) in [5, 5.41) is 15.1. The third-order valence-corrected chi connectivity index (χ3v) is 4.84. The second-order valence-corrected chi connectivity index (χ2v) is 6.47. The molecule has 1 N–H and O–H groups in total. The van der Waals surface area contributed by atoms with Crippen molar-refractivity contribution in [2.24, 2.45) is 0 Å². The number of H-pyrrole nitrogens is 1. The van der Waals surface area contributed by atoms with Crippen LogP contribution in [0.2, 0.25) is 0 Å². The fraction of sp³-hybridized carbons (Fsp3) is 0.500. The molecule has 1 aliphatic rings. The summed E-state index contributed by atoms with van der Waals surface area (Å²) >= 11 is 0. The highest BCUT2D eigenvalue weighted by Gasteiger charge is 2.26. The van der Waals surface area contributed by atoms with Gasteiger partial charge in [-0.3, -0.25) is 4.79 Å². The van der Waals surface area contributed by atoms with E-state index in [0.717, 1.165) is 12.8 Å². The van der Waals surface area contributed by atoms with Crippen LogP contribution in [-0.2, 0) is 4.74 Å². The molecule has 10 nitrogen and oxygen atoms in total. The minimum absolute atomic E-state index is 0.112. The van der Waals surface area contributed by atoms with Gasteiger partial charge in [-0.15, -0.1) is 0 Å². The fourth-order valence-electron chi connectivity index (χ4n) is 3.27. The molecule has 1 amide bonds. The zero-order valence-corrected chi connectivity index (χ0v) is 19.7. The van der Waals surface area contributed by atoms with Crippen molar-refractivity contribution in [2.45, 2.75) is 46.6 Å². The molecule has 0 aromatic carbocycles. The van der Waals surface area contributed by atoms with E-state index >= 15 is 0 Å². The van der Waals surface area contributed by atoms with Crippen LogP contribution in [-0.4, -0.2) is 74.4 Å². The number of rotatable bonds is 5. The van der Waals surface area contributed by atoms with Crippen molar-refractivity contribution < 1.29 is 14.3 Å². The summed E-state index contributed by atoms with van der Waals surface area (Å²) in [5.74, 6) is 0.385. The molecule has 3 aromatic heterocycles.